The number of phenolic OH excluding ortho intramolecular Hbond substituents is 1. The number of carbonyl (C=O) groups excluding carboxylic acids is 3. The van der Waals surface area contributed by atoms with Crippen molar-refractivity contribution in [3.05, 3.63) is 45.4 Å². The summed E-state index contributed by atoms with van der Waals surface area (Å²) in [7, 11) is 6.87. The number of rotatable bonds is 7. The molecule has 11 nitrogen and oxygen atoms in total. The van der Waals surface area contributed by atoms with Crippen molar-refractivity contribution in [2.45, 2.75) is 44.9 Å². The van der Waals surface area contributed by atoms with Gasteiger partial charge in [0.05, 0.1) is 11.6 Å². The van der Waals surface area contributed by atoms with Gasteiger partial charge in [0.1, 0.15) is 22.8 Å². The predicted molar refractivity (Wildman–Crippen MR) is 145 cm³/mol. The van der Waals surface area contributed by atoms with E-state index in [2.05, 4.69) is 19.2 Å². The number of nitrogens with one attached hydrogen (secondary N) is 1. The van der Waals surface area contributed by atoms with Gasteiger partial charge in [0.2, 0.25) is 5.78 Å². The second-order valence-corrected chi connectivity index (χ2v) is 11.6. The standard InChI is InChI=1S/C28H38N4O7/c1-12(2)10-30-11-14-9-17(31(3)4)15-7-13-8-16-21(32(5)6)24(35)20(27(29)38)26(37)28(16,39)25(36)18(13)23(34)19(15)22(14)33/h9,12-13,16,21,30,33,35-36,39H,7-8,10-11H2,1-6H3,(H2,29,38)/t13?,16-,21?,28-/m0/s1. The van der Waals surface area contributed by atoms with E-state index in [9.17, 15) is 34.8 Å². The molecule has 0 radical (unpaired) electrons. The summed E-state index contributed by atoms with van der Waals surface area (Å²) in [4.78, 5) is 42.9. The van der Waals surface area contributed by atoms with Crippen LogP contribution >= 0.6 is 0 Å². The molecule has 11 heteroatoms. The quantitative estimate of drug-likeness (QED) is 0.272. The number of phenols is 1. The first kappa shape index (κ1) is 28.6. The average molecular weight is 543 g/mol. The van der Waals surface area contributed by atoms with Crippen LogP contribution in [0.15, 0.2) is 28.7 Å². The van der Waals surface area contributed by atoms with Gasteiger partial charge >= 0.3 is 0 Å². The third-order valence-electron chi connectivity index (χ3n) is 8.13. The molecule has 0 heterocycles. The minimum atomic E-state index is -2.65. The Morgan fingerprint density at radius 2 is 1.82 bits per heavy atom. The number of fused-ring (bicyclic) bond motifs is 3. The fourth-order valence-electron chi connectivity index (χ4n) is 6.38. The summed E-state index contributed by atoms with van der Waals surface area (Å²) in [5, 5.41) is 48.6. The zero-order valence-corrected chi connectivity index (χ0v) is 23.2. The molecule has 2 unspecified atom stereocenters. The molecule has 3 aliphatic carbocycles. The Hall–Kier alpha value is -3.41. The van der Waals surface area contributed by atoms with E-state index in [1.54, 1.807) is 14.1 Å². The Kier molecular flexibility index (Phi) is 7.30. The maximum Gasteiger partial charge on any atom is 0.255 e. The number of anilines is 1. The molecule has 212 valence electrons. The number of hydrogen-bond acceptors (Lipinski definition) is 10. The van der Waals surface area contributed by atoms with E-state index in [4.69, 9.17) is 5.73 Å². The van der Waals surface area contributed by atoms with E-state index in [-0.39, 0.29) is 29.7 Å². The fourth-order valence-corrected chi connectivity index (χ4v) is 6.38. The molecule has 0 spiro atoms. The van der Waals surface area contributed by atoms with Gasteiger partial charge in [-0.3, -0.25) is 19.3 Å². The van der Waals surface area contributed by atoms with Crippen LogP contribution in [-0.4, -0.2) is 89.2 Å². The number of nitrogens with two attached hydrogens (primary N) is 1. The lowest BCUT2D eigenvalue weighted by atomic mass is 9.58. The van der Waals surface area contributed by atoms with Gasteiger partial charge < -0.3 is 36.4 Å². The largest absolute Gasteiger partial charge is 0.510 e. The maximum absolute atomic E-state index is 14.0. The van der Waals surface area contributed by atoms with Crippen molar-refractivity contribution in [2.24, 2.45) is 23.5 Å². The molecule has 0 fully saturated rings. The second kappa shape index (κ2) is 9.96. The highest BCUT2D eigenvalue weighted by Crippen LogP contribution is 2.53. The first-order valence-corrected chi connectivity index (χ1v) is 13.0. The maximum atomic E-state index is 14.0. The Bertz CT molecular complexity index is 1310. The fraction of sp³-hybridized carbons (Fsp3) is 0.536. The summed E-state index contributed by atoms with van der Waals surface area (Å²) in [6, 6.07) is 0.815. The van der Waals surface area contributed by atoms with Crippen LogP contribution in [0.1, 0.15) is 41.8 Å². The van der Waals surface area contributed by atoms with E-state index in [0.717, 1.165) is 5.69 Å². The number of allylic oxidation sites excluding steroid dienone is 1. The first-order valence-electron chi connectivity index (χ1n) is 13.0. The van der Waals surface area contributed by atoms with Gasteiger partial charge in [0.15, 0.2) is 11.4 Å². The molecule has 7 N–H and O–H groups in total. The normalized spacial score (nSPS) is 26.6. The van der Waals surface area contributed by atoms with Gasteiger partial charge in [0, 0.05) is 43.4 Å². The lowest BCUT2D eigenvalue weighted by Gasteiger charge is -2.50. The summed E-state index contributed by atoms with van der Waals surface area (Å²) < 4.78 is 0. The van der Waals surface area contributed by atoms with Crippen LogP contribution in [0.3, 0.4) is 0 Å². The minimum absolute atomic E-state index is 0.0170. The van der Waals surface area contributed by atoms with Gasteiger partial charge in [-0.2, -0.15) is 0 Å². The van der Waals surface area contributed by atoms with Crippen molar-refractivity contribution < 1.29 is 34.8 Å². The molecule has 39 heavy (non-hydrogen) atoms. The third kappa shape index (κ3) is 4.29. The van der Waals surface area contributed by atoms with Crippen LogP contribution in [0.5, 0.6) is 5.75 Å². The van der Waals surface area contributed by atoms with E-state index in [0.29, 0.717) is 30.1 Å². The number of Topliss-reactive ketones (excluding diaryl/α,β-unsaturated/α-hetero) is 2. The topological polar surface area (TPSA) is 177 Å². The van der Waals surface area contributed by atoms with Gasteiger partial charge in [-0.1, -0.05) is 13.8 Å². The van der Waals surface area contributed by atoms with E-state index >= 15 is 0 Å². The molecule has 0 saturated carbocycles. The number of carbonyl (C=O) groups is 3. The highest BCUT2D eigenvalue weighted by Gasteiger charge is 2.63. The van der Waals surface area contributed by atoms with Gasteiger partial charge in [-0.15, -0.1) is 0 Å². The van der Waals surface area contributed by atoms with Crippen molar-refractivity contribution >= 4 is 23.2 Å². The van der Waals surface area contributed by atoms with Crippen molar-refractivity contribution in [2.75, 3.05) is 39.6 Å². The molecule has 0 bridgehead atoms. The molecule has 1 aromatic carbocycles. The molecule has 1 amide bonds. The van der Waals surface area contributed by atoms with Crippen LogP contribution in [0.2, 0.25) is 0 Å². The predicted octanol–water partition coefficient (Wildman–Crippen LogP) is 0.932. The Labute approximate surface area is 227 Å². The molecular weight excluding hydrogens is 504 g/mol. The summed E-state index contributed by atoms with van der Waals surface area (Å²) in [5.41, 5.74) is 3.60. The Balaban J connectivity index is 1.91. The highest BCUT2D eigenvalue weighted by molar-refractivity contribution is 6.24. The van der Waals surface area contributed by atoms with Crippen molar-refractivity contribution in [3.8, 4) is 5.75 Å². The number of aliphatic hydroxyl groups is 3. The van der Waals surface area contributed by atoms with Crippen LogP contribution in [0.4, 0.5) is 5.69 Å². The van der Waals surface area contributed by atoms with Crippen LogP contribution in [0.25, 0.3) is 0 Å². The smallest absolute Gasteiger partial charge is 0.255 e. The number of primary amides is 1. The lowest BCUT2D eigenvalue weighted by Crippen LogP contribution is -2.63. The molecule has 0 aliphatic heterocycles. The molecule has 4 rings (SSSR count). The Morgan fingerprint density at radius 3 is 2.36 bits per heavy atom. The second-order valence-electron chi connectivity index (χ2n) is 11.6. The SMILES string of the molecule is CC(C)CNCc1cc(N(C)C)c2c(c1O)C(=O)C1=C(O)[C@]3(O)C(=O)C(C(N)=O)=C(O)C(N(C)C)[C@@H]3CC1C2. The minimum Gasteiger partial charge on any atom is -0.510 e. The highest BCUT2D eigenvalue weighted by atomic mass is 16.3. The summed E-state index contributed by atoms with van der Waals surface area (Å²) >= 11 is 0. The monoisotopic (exact) mass is 542 g/mol. The van der Waals surface area contributed by atoms with Gasteiger partial charge in [-0.05, 0) is 56.9 Å². The molecule has 0 aromatic heterocycles. The lowest BCUT2D eigenvalue weighted by molar-refractivity contribution is -0.148. The molecule has 1 aromatic rings. The summed E-state index contributed by atoms with van der Waals surface area (Å²) in [6.45, 7) is 5.11. The van der Waals surface area contributed by atoms with Gasteiger partial charge in [-0.25, -0.2) is 0 Å². The first-order chi connectivity index (χ1) is 18.1. The average Bonchev–Trinajstić information content (AvgIpc) is 2.81. The van der Waals surface area contributed by atoms with Crippen molar-refractivity contribution in [1.82, 2.24) is 10.2 Å². The van der Waals surface area contributed by atoms with Gasteiger partial charge in [0.25, 0.3) is 5.91 Å². The number of amides is 1. The molecule has 4 atom stereocenters. The van der Waals surface area contributed by atoms with Crippen molar-refractivity contribution in [3.63, 3.8) is 0 Å². The zero-order chi connectivity index (χ0) is 29.1. The third-order valence-corrected chi connectivity index (χ3v) is 8.13. The van der Waals surface area contributed by atoms with E-state index in [1.165, 1.54) is 4.90 Å². The van der Waals surface area contributed by atoms with E-state index < -0.39 is 58.0 Å². The number of ketones is 2. The number of likely N-dealkylation sites (N-methyl/N-ethyl adjacent to an activating group) is 1. The number of aliphatic hydroxyl groups excluding tert-OH is 2. The molecule has 3 aliphatic rings. The molecular formula is C28H38N4O7. The number of aromatic hydroxyl groups is 1. The van der Waals surface area contributed by atoms with Crippen LogP contribution in [0, 0.1) is 17.8 Å². The Morgan fingerprint density at radius 1 is 1.18 bits per heavy atom. The summed E-state index contributed by atoms with van der Waals surface area (Å²) in [6.07, 6.45) is 0.298. The van der Waals surface area contributed by atoms with E-state index in [1.807, 2.05) is 25.1 Å². The zero-order valence-electron chi connectivity index (χ0n) is 23.2. The van der Waals surface area contributed by atoms with Crippen LogP contribution < -0.4 is 16.0 Å². The number of benzene rings is 1. The number of hydrogen-bond donors (Lipinski definition) is 6. The molecule has 0 saturated heterocycles. The van der Waals surface area contributed by atoms with Crippen molar-refractivity contribution in [1.29, 1.82) is 0 Å². The number of nitrogens with zero attached hydrogens (tertiary/aromatic N) is 2. The van der Waals surface area contributed by atoms with Crippen LogP contribution in [-0.2, 0) is 22.6 Å². The summed E-state index contributed by atoms with van der Waals surface area (Å²) in [5.74, 6) is -6.15.